The molecule has 0 heterocycles. The number of benzene rings is 2. The summed E-state index contributed by atoms with van der Waals surface area (Å²) in [6.45, 7) is 7.34. The molecule has 2 unspecified atom stereocenters. The van der Waals surface area contributed by atoms with Crippen molar-refractivity contribution in [2.75, 3.05) is 0 Å². The highest BCUT2D eigenvalue weighted by atomic mass is 16.4. The highest BCUT2D eigenvalue weighted by molar-refractivity contribution is 5.76. The molecule has 2 N–H and O–H groups in total. The average molecular weight is 368 g/mol. The summed E-state index contributed by atoms with van der Waals surface area (Å²) >= 11 is 0. The molecule has 4 nitrogen and oxygen atoms in total. The van der Waals surface area contributed by atoms with Crippen molar-refractivity contribution in [3.05, 3.63) is 69.8 Å². The lowest BCUT2D eigenvalue weighted by atomic mass is 9.92. The van der Waals surface area contributed by atoms with Gasteiger partial charge in [0.05, 0.1) is 11.8 Å². The molecule has 4 heteroatoms. The fraction of sp³-hybridized carbons (Fsp3) is 0.391. The second-order valence-electron chi connectivity index (χ2n) is 7.36. The molecule has 0 amide bonds. The van der Waals surface area contributed by atoms with Gasteiger partial charge in [0.25, 0.3) is 0 Å². The zero-order valence-corrected chi connectivity index (χ0v) is 16.5. The van der Waals surface area contributed by atoms with Gasteiger partial charge >= 0.3 is 11.9 Å². The first-order chi connectivity index (χ1) is 12.7. The lowest BCUT2D eigenvalue weighted by Gasteiger charge is -2.13. The van der Waals surface area contributed by atoms with Crippen molar-refractivity contribution >= 4 is 11.9 Å². The van der Waals surface area contributed by atoms with Gasteiger partial charge in [0.1, 0.15) is 0 Å². The topological polar surface area (TPSA) is 74.6 Å². The Bertz CT molecular complexity index is 769. The molecule has 2 aromatic carbocycles. The van der Waals surface area contributed by atoms with Crippen LogP contribution in [-0.2, 0) is 22.4 Å². The summed E-state index contributed by atoms with van der Waals surface area (Å²) in [5.41, 5.74) is 6.19. The number of carbonyl (C=O) groups is 2. The minimum absolute atomic E-state index is 0.492. The molecule has 0 aromatic heterocycles. The molecule has 0 radical (unpaired) electrons. The van der Waals surface area contributed by atoms with Gasteiger partial charge in [-0.2, -0.15) is 0 Å². The van der Waals surface area contributed by atoms with Crippen LogP contribution in [0.15, 0.2) is 36.4 Å². The molecule has 27 heavy (non-hydrogen) atoms. The summed E-state index contributed by atoms with van der Waals surface area (Å²) in [5.74, 6) is -2.59. The molecular weight excluding hydrogens is 340 g/mol. The van der Waals surface area contributed by atoms with Crippen molar-refractivity contribution in [2.24, 2.45) is 0 Å². The van der Waals surface area contributed by atoms with Crippen molar-refractivity contribution in [2.45, 2.75) is 58.8 Å². The van der Waals surface area contributed by atoms with E-state index in [1.807, 2.05) is 38.1 Å². The van der Waals surface area contributed by atoms with E-state index in [0.29, 0.717) is 0 Å². The lowest BCUT2D eigenvalue weighted by Crippen LogP contribution is -2.09. The normalized spacial score (nSPS) is 13.2. The van der Waals surface area contributed by atoms with E-state index in [2.05, 4.69) is 12.1 Å². The lowest BCUT2D eigenvalue weighted by molar-refractivity contribution is -0.139. The molecule has 144 valence electrons. The second-order valence-corrected chi connectivity index (χ2v) is 7.36. The van der Waals surface area contributed by atoms with Gasteiger partial charge in [-0.15, -0.1) is 0 Å². The Morgan fingerprint density at radius 2 is 1.15 bits per heavy atom. The fourth-order valence-corrected chi connectivity index (χ4v) is 3.52. The van der Waals surface area contributed by atoms with E-state index < -0.39 is 23.8 Å². The SMILES string of the molecule is Cc1cc(CCCc2ccc(C(C)C(=O)O)c(C)c2)ccc1C(C)C(=O)O. The Kier molecular flexibility index (Phi) is 6.78. The number of carboxylic acid groups (broad SMARTS) is 2. The van der Waals surface area contributed by atoms with Crippen LogP contribution in [0.25, 0.3) is 0 Å². The minimum Gasteiger partial charge on any atom is -0.481 e. The van der Waals surface area contributed by atoms with Crippen LogP contribution in [0.3, 0.4) is 0 Å². The zero-order chi connectivity index (χ0) is 20.1. The van der Waals surface area contributed by atoms with Gasteiger partial charge in [0.15, 0.2) is 0 Å². The predicted molar refractivity (Wildman–Crippen MR) is 106 cm³/mol. The smallest absolute Gasteiger partial charge is 0.310 e. The molecule has 2 aromatic rings. The molecular formula is C23H28O4. The quantitative estimate of drug-likeness (QED) is 0.698. The number of aryl methyl sites for hydroxylation is 4. The third-order valence-corrected chi connectivity index (χ3v) is 5.27. The van der Waals surface area contributed by atoms with E-state index in [4.69, 9.17) is 0 Å². The van der Waals surface area contributed by atoms with Crippen LogP contribution < -0.4 is 0 Å². The van der Waals surface area contributed by atoms with Gasteiger partial charge in [0.2, 0.25) is 0 Å². The second kappa shape index (κ2) is 8.85. The van der Waals surface area contributed by atoms with Crippen LogP contribution in [0.4, 0.5) is 0 Å². The predicted octanol–water partition coefficient (Wildman–Crippen LogP) is 4.85. The number of rotatable bonds is 8. The number of hydrogen-bond acceptors (Lipinski definition) is 2. The van der Waals surface area contributed by atoms with E-state index >= 15 is 0 Å². The first-order valence-electron chi connectivity index (χ1n) is 9.35. The van der Waals surface area contributed by atoms with Crippen molar-refractivity contribution < 1.29 is 19.8 Å². The monoisotopic (exact) mass is 368 g/mol. The summed E-state index contributed by atoms with van der Waals surface area (Å²) < 4.78 is 0. The number of aliphatic carboxylic acids is 2. The van der Waals surface area contributed by atoms with E-state index in [0.717, 1.165) is 41.5 Å². The maximum atomic E-state index is 11.2. The first-order valence-corrected chi connectivity index (χ1v) is 9.35. The Hall–Kier alpha value is -2.62. The van der Waals surface area contributed by atoms with Crippen LogP contribution >= 0.6 is 0 Å². The summed E-state index contributed by atoms with van der Waals surface area (Å²) in [6, 6.07) is 12.1. The first kappa shape index (κ1) is 20.7. The van der Waals surface area contributed by atoms with E-state index in [-0.39, 0.29) is 0 Å². The van der Waals surface area contributed by atoms with E-state index in [1.54, 1.807) is 13.8 Å². The number of carboxylic acids is 2. The highest BCUT2D eigenvalue weighted by Gasteiger charge is 2.17. The van der Waals surface area contributed by atoms with Crippen LogP contribution in [-0.4, -0.2) is 22.2 Å². The molecule has 0 fully saturated rings. The van der Waals surface area contributed by atoms with Gasteiger partial charge in [-0.05, 0) is 80.3 Å². The standard InChI is InChI=1S/C23H28O4/c1-14-12-18(8-10-20(14)16(3)22(24)25)6-5-7-19-9-11-21(15(2)13-19)17(4)23(26)27/h8-13,16-17H,5-7H2,1-4H3,(H,24,25)(H,26,27). The Balaban J connectivity index is 1.98. The Morgan fingerprint density at radius 3 is 1.44 bits per heavy atom. The molecule has 0 aliphatic rings. The maximum Gasteiger partial charge on any atom is 0.310 e. The molecule has 2 rings (SSSR count). The molecule has 0 aliphatic carbocycles. The fourth-order valence-electron chi connectivity index (χ4n) is 3.52. The molecule has 0 aliphatic heterocycles. The summed E-state index contributed by atoms with van der Waals surface area (Å²) in [7, 11) is 0. The van der Waals surface area contributed by atoms with Gasteiger partial charge < -0.3 is 10.2 Å². The summed E-state index contributed by atoms with van der Waals surface area (Å²) in [4.78, 5) is 22.3. The maximum absolute atomic E-state index is 11.2. The Morgan fingerprint density at radius 1 is 0.778 bits per heavy atom. The van der Waals surface area contributed by atoms with E-state index in [1.165, 1.54) is 11.1 Å². The zero-order valence-electron chi connectivity index (χ0n) is 16.5. The summed E-state index contributed by atoms with van der Waals surface area (Å²) in [5, 5.41) is 18.3. The summed E-state index contributed by atoms with van der Waals surface area (Å²) in [6.07, 6.45) is 2.84. The van der Waals surface area contributed by atoms with Crippen LogP contribution in [0.5, 0.6) is 0 Å². The van der Waals surface area contributed by atoms with Gasteiger partial charge in [0, 0.05) is 0 Å². The molecule has 0 saturated carbocycles. The molecule has 0 bridgehead atoms. The minimum atomic E-state index is -0.804. The third-order valence-electron chi connectivity index (χ3n) is 5.27. The van der Waals surface area contributed by atoms with E-state index in [9.17, 15) is 19.8 Å². The van der Waals surface area contributed by atoms with Gasteiger partial charge in [-0.3, -0.25) is 9.59 Å². The highest BCUT2D eigenvalue weighted by Crippen LogP contribution is 2.23. The van der Waals surface area contributed by atoms with Crippen molar-refractivity contribution in [1.82, 2.24) is 0 Å². The molecule has 0 saturated heterocycles. The molecule has 0 spiro atoms. The average Bonchev–Trinajstić information content (AvgIpc) is 2.60. The number of hydrogen-bond donors (Lipinski definition) is 2. The third kappa shape index (κ3) is 5.19. The van der Waals surface area contributed by atoms with Gasteiger partial charge in [-0.1, -0.05) is 36.4 Å². The van der Waals surface area contributed by atoms with Crippen molar-refractivity contribution in [3.8, 4) is 0 Å². The largest absolute Gasteiger partial charge is 0.481 e. The van der Waals surface area contributed by atoms with Crippen molar-refractivity contribution in [1.29, 1.82) is 0 Å². The molecule has 2 atom stereocenters. The van der Waals surface area contributed by atoms with Crippen LogP contribution in [0, 0.1) is 13.8 Å². The van der Waals surface area contributed by atoms with Gasteiger partial charge in [-0.25, -0.2) is 0 Å². The Labute approximate surface area is 160 Å². The van der Waals surface area contributed by atoms with Crippen LogP contribution in [0.1, 0.15) is 65.5 Å². The van der Waals surface area contributed by atoms with Crippen LogP contribution in [0.2, 0.25) is 0 Å². The van der Waals surface area contributed by atoms with Crippen molar-refractivity contribution in [3.63, 3.8) is 0 Å².